The van der Waals surface area contributed by atoms with Crippen LogP contribution in [-0.2, 0) is 9.47 Å². The molecule has 0 radical (unpaired) electrons. The van der Waals surface area contributed by atoms with E-state index < -0.39 is 30.9 Å². The number of allylic oxidation sites excluding steroid dienone is 1. The van der Waals surface area contributed by atoms with Crippen molar-refractivity contribution in [1.29, 1.82) is 0 Å². The molecule has 1 rings (SSSR count). The van der Waals surface area contributed by atoms with E-state index in [0.29, 0.717) is 6.20 Å². The van der Waals surface area contributed by atoms with Crippen molar-refractivity contribution in [3.05, 3.63) is 12.0 Å². The Hall–Kier alpha value is -1.19. The van der Waals surface area contributed by atoms with Crippen molar-refractivity contribution < 1.29 is 40.2 Å². The molecule has 0 unspecified atom stereocenters. The molecule has 20 heavy (non-hydrogen) atoms. The van der Waals surface area contributed by atoms with Crippen molar-refractivity contribution in [2.45, 2.75) is 18.5 Å². The van der Waals surface area contributed by atoms with E-state index in [1.807, 2.05) is 0 Å². The predicted molar refractivity (Wildman–Crippen MR) is 53.4 cm³/mol. The second-order valence-corrected chi connectivity index (χ2v) is 3.99. The van der Waals surface area contributed by atoms with Crippen LogP contribution in [0.4, 0.5) is 30.7 Å². The molecule has 0 aromatic rings. The second kappa shape index (κ2) is 6.51. The molecule has 1 saturated heterocycles. The number of halogens is 7. The molecule has 0 atom stereocenters. The minimum atomic E-state index is -5.05. The number of morpholine rings is 1. The Morgan fingerprint density at radius 1 is 1.15 bits per heavy atom. The highest BCUT2D eigenvalue weighted by Gasteiger charge is 2.45. The van der Waals surface area contributed by atoms with Gasteiger partial charge in [0.25, 0.3) is 0 Å². The number of hydrogen-bond donors (Lipinski definition) is 0. The zero-order valence-electron chi connectivity index (χ0n) is 10.1. The van der Waals surface area contributed by atoms with Crippen LogP contribution >= 0.6 is 0 Å². The largest absolute Gasteiger partial charge is 0.481 e. The molecule has 0 N–H and O–H groups in total. The molecular formula is C10H12F7NO2. The molecule has 1 aliphatic rings. The van der Waals surface area contributed by atoms with Gasteiger partial charge in [-0.2, -0.15) is 22.0 Å². The SMILES string of the molecule is FC(F)C(F)(F)COC(=CN1CCOCC1)C(F)(F)F. The van der Waals surface area contributed by atoms with E-state index in [0.717, 1.165) is 4.90 Å². The zero-order valence-corrected chi connectivity index (χ0v) is 10.1. The first-order valence-electron chi connectivity index (χ1n) is 5.52. The van der Waals surface area contributed by atoms with Gasteiger partial charge in [0.15, 0.2) is 6.61 Å². The Balaban J connectivity index is 2.72. The van der Waals surface area contributed by atoms with Gasteiger partial charge in [0, 0.05) is 19.3 Å². The van der Waals surface area contributed by atoms with Crippen molar-refractivity contribution in [1.82, 2.24) is 4.90 Å². The summed E-state index contributed by atoms with van der Waals surface area (Å²) in [5.74, 6) is -6.38. The first-order chi connectivity index (χ1) is 9.13. The van der Waals surface area contributed by atoms with Gasteiger partial charge in [0.05, 0.1) is 13.2 Å². The normalized spacial score (nSPS) is 18.6. The van der Waals surface area contributed by atoms with Gasteiger partial charge >= 0.3 is 18.5 Å². The van der Waals surface area contributed by atoms with Gasteiger partial charge in [0.2, 0.25) is 5.76 Å². The van der Waals surface area contributed by atoms with E-state index in [4.69, 9.17) is 4.74 Å². The third-order valence-corrected chi connectivity index (χ3v) is 2.36. The summed E-state index contributed by atoms with van der Waals surface area (Å²) in [5, 5.41) is 0. The zero-order chi connectivity index (χ0) is 15.4. The van der Waals surface area contributed by atoms with Crippen molar-refractivity contribution in [2.75, 3.05) is 32.9 Å². The first-order valence-corrected chi connectivity index (χ1v) is 5.52. The molecule has 1 heterocycles. The van der Waals surface area contributed by atoms with E-state index in [-0.39, 0.29) is 26.3 Å². The third kappa shape index (κ3) is 5.06. The van der Waals surface area contributed by atoms with Crippen LogP contribution in [0.1, 0.15) is 0 Å². The fourth-order valence-electron chi connectivity index (χ4n) is 1.30. The van der Waals surface area contributed by atoms with Gasteiger partial charge in [-0.1, -0.05) is 0 Å². The summed E-state index contributed by atoms with van der Waals surface area (Å²) in [7, 11) is 0. The first kappa shape index (κ1) is 16.9. The highest BCUT2D eigenvalue weighted by molar-refractivity contribution is 5.01. The fourth-order valence-corrected chi connectivity index (χ4v) is 1.30. The Morgan fingerprint density at radius 2 is 1.70 bits per heavy atom. The molecule has 1 aliphatic heterocycles. The summed E-state index contributed by atoms with van der Waals surface area (Å²) in [5.41, 5.74) is 0. The fraction of sp³-hybridized carbons (Fsp3) is 0.800. The molecular weight excluding hydrogens is 299 g/mol. The number of hydrogen-bond acceptors (Lipinski definition) is 3. The number of ether oxygens (including phenoxy) is 2. The Kier molecular flexibility index (Phi) is 5.49. The Bertz CT molecular complexity index is 337. The maximum atomic E-state index is 12.6. The van der Waals surface area contributed by atoms with E-state index in [1.165, 1.54) is 0 Å². The lowest BCUT2D eigenvalue weighted by atomic mass is 10.3. The summed E-state index contributed by atoms with van der Waals surface area (Å²) < 4.78 is 95.3. The molecule has 0 aliphatic carbocycles. The number of alkyl halides is 7. The summed E-state index contributed by atoms with van der Waals surface area (Å²) in [6.07, 6.45) is -8.65. The standard InChI is InChI=1S/C10H12F7NO2/c11-8(12)9(13,14)6-20-7(10(15,16)17)5-18-1-3-19-4-2-18/h5,8H,1-4,6H2. The molecule has 0 bridgehead atoms. The Morgan fingerprint density at radius 3 is 2.15 bits per heavy atom. The quantitative estimate of drug-likeness (QED) is 0.575. The average Bonchev–Trinajstić information content (AvgIpc) is 2.34. The van der Waals surface area contributed by atoms with Crippen molar-refractivity contribution in [2.24, 2.45) is 0 Å². The molecule has 0 aromatic heterocycles. The van der Waals surface area contributed by atoms with Crippen LogP contribution in [0.3, 0.4) is 0 Å². The molecule has 118 valence electrons. The van der Waals surface area contributed by atoms with E-state index in [9.17, 15) is 30.7 Å². The van der Waals surface area contributed by atoms with Crippen LogP contribution in [-0.4, -0.2) is 56.3 Å². The third-order valence-electron chi connectivity index (χ3n) is 2.36. The molecule has 3 nitrogen and oxygen atoms in total. The molecule has 0 aromatic carbocycles. The van der Waals surface area contributed by atoms with Crippen molar-refractivity contribution in [3.8, 4) is 0 Å². The summed E-state index contributed by atoms with van der Waals surface area (Å²) >= 11 is 0. The van der Waals surface area contributed by atoms with Gasteiger partial charge in [-0.05, 0) is 0 Å². The maximum absolute atomic E-state index is 12.6. The average molecular weight is 311 g/mol. The predicted octanol–water partition coefficient (Wildman–Crippen LogP) is 2.64. The summed E-state index contributed by atoms with van der Waals surface area (Å²) in [6.45, 7) is -1.45. The molecule has 0 saturated carbocycles. The van der Waals surface area contributed by atoms with Crippen LogP contribution in [0.2, 0.25) is 0 Å². The van der Waals surface area contributed by atoms with Gasteiger partial charge in [-0.3, -0.25) is 0 Å². The van der Waals surface area contributed by atoms with Crippen LogP contribution in [0, 0.1) is 0 Å². The maximum Gasteiger partial charge on any atom is 0.450 e. The lowest BCUT2D eigenvalue weighted by Crippen LogP contribution is -2.36. The van der Waals surface area contributed by atoms with Gasteiger partial charge in [-0.15, -0.1) is 0 Å². The molecule has 10 heteroatoms. The number of rotatable bonds is 5. The van der Waals surface area contributed by atoms with Crippen molar-refractivity contribution in [3.63, 3.8) is 0 Å². The summed E-state index contributed by atoms with van der Waals surface area (Å²) in [4.78, 5) is 1.16. The topological polar surface area (TPSA) is 21.7 Å². The van der Waals surface area contributed by atoms with Crippen LogP contribution in [0.25, 0.3) is 0 Å². The minimum Gasteiger partial charge on any atom is -0.481 e. The van der Waals surface area contributed by atoms with E-state index >= 15 is 0 Å². The van der Waals surface area contributed by atoms with E-state index in [2.05, 4.69) is 4.74 Å². The van der Waals surface area contributed by atoms with E-state index in [1.54, 1.807) is 0 Å². The van der Waals surface area contributed by atoms with Crippen molar-refractivity contribution >= 4 is 0 Å². The van der Waals surface area contributed by atoms with Crippen LogP contribution < -0.4 is 0 Å². The highest BCUT2D eigenvalue weighted by atomic mass is 19.4. The lowest BCUT2D eigenvalue weighted by Gasteiger charge is -2.27. The lowest BCUT2D eigenvalue weighted by molar-refractivity contribution is -0.184. The smallest absolute Gasteiger partial charge is 0.450 e. The summed E-state index contributed by atoms with van der Waals surface area (Å²) in [6, 6.07) is 0. The Labute approximate surface area is 109 Å². The molecule has 1 fully saturated rings. The monoisotopic (exact) mass is 311 g/mol. The van der Waals surface area contributed by atoms with Gasteiger partial charge < -0.3 is 14.4 Å². The molecule has 0 spiro atoms. The second-order valence-electron chi connectivity index (χ2n) is 3.99. The number of nitrogens with zero attached hydrogens (tertiary/aromatic N) is 1. The highest BCUT2D eigenvalue weighted by Crippen LogP contribution is 2.30. The van der Waals surface area contributed by atoms with Gasteiger partial charge in [-0.25, -0.2) is 8.78 Å². The minimum absolute atomic E-state index is 0.119. The van der Waals surface area contributed by atoms with Crippen LogP contribution in [0.5, 0.6) is 0 Å². The van der Waals surface area contributed by atoms with Crippen LogP contribution in [0.15, 0.2) is 12.0 Å². The van der Waals surface area contributed by atoms with Gasteiger partial charge in [0.1, 0.15) is 0 Å². The molecule has 0 amide bonds.